The van der Waals surface area contributed by atoms with Crippen molar-refractivity contribution in [3.63, 3.8) is 0 Å². The SMILES string of the molecule is CCCCc1c(CCc2ccccc2)cc2n[nH][nH+]c2c1-c1ccc2ccccc2c1. The smallest absolute Gasteiger partial charge is 0.168 e. The summed E-state index contributed by atoms with van der Waals surface area (Å²) < 4.78 is 0. The van der Waals surface area contributed by atoms with Crippen molar-refractivity contribution in [2.45, 2.75) is 39.0 Å². The summed E-state index contributed by atoms with van der Waals surface area (Å²) in [6, 6.07) is 28.4. The average molecular weight is 407 g/mol. The van der Waals surface area contributed by atoms with Crippen molar-refractivity contribution in [3.8, 4) is 11.1 Å². The van der Waals surface area contributed by atoms with Crippen LogP contribution in [0.4, 0.5) is 0 Å². The number of nitrogens with one attached hydrogen (secondary N) is 2. The lowest BCUT2D eigenvalue weighted by atomic mass is 9.87. The van der Waals surface area contributed by atoms with Gasteiger partial charge in [0.05, 0.1) is 0 Å². The van der Waals surface area contributed by atoms with Gasteiger partial charge in [-0.05, 0) is 70.8 Å². The van der Waals surface area contributed by atoms with Crippen LogP contribution in [0.2, 0.25) is 0 Å². The second-order valence-corrected chi connectivity index (χ2v) is 8.28. The monoisotopic (exact) mass is 406 g/mol. The number of hydrogen-bond acceptors (Lipinski definition) is 1. The molecule has 5 rings (SSSR count). The van der Waals surface area contributed by atoms with E-state index in [2.05, 4.69) is 101 Å². The van der Waals surface area contributed by atoms with Crippen molar-refractivity contribution in [3.05, 3.63) is 95.6 Å². The van der Waals surface area contributed by atoms with Crippen LogP contribution in [0.3, 0.4) is 0 Å². The predicted molar refractivity (Wildman–Crippen MR) is 128 cm³/mol. The summed E-state index contributed by atoms with van der Waals surface area (Å²) in [7, 11) is 0. The summed E-state index contributed by atoms with van der Waals surface area (Å²) in [6.07, 6.45) is 5.51. The van der Waals surface area contributed by atoms with Crippen molar-refractivity contribution in [2.24, 2.45) is 0 Å². The van der Waals surface area contributed by atoms with Crippen LogP contribution in [0.1, 0.15) is 36.5 Å². The fourth-order valence-electron chi connectivity index (χ4n) is 4.57. The minimum Gasteiger partial charge on any atom is -0.168 e. The molecule has 1 heterocycles. The van der Waals surface area contributed by atoms with E-state index in [9.17, 15) is 0 Å². The van der Waals surface area contributed by atoms with Crippen molar-refractivity contribution in [2.75, 3.05) is 0 Å². The summed E-state index contributed by atoms with van der Waals surface area (Å²) in [4.78, 5) is 0. The van der Waals surface area contributed by atoms with Crippen LogP contribution in [0.25, 0.3) is 32.9 Å². The zero-order valence-electron chi connectivity index (χ0n) is 18.0. The molecule has 3 heteroatoms. The van der Waals surface area contributed by atoms with Gasteiger partial charge in [-0.3, -0.25) is 0 Å². The normalized spacial score (nSPS) is 11.4. The second kappa shape index (κ2) is 8.73. The van der Waals surface area contributed by atoms with Gasteiger partial charge in [-0.1, -0.05) is 85.3 Å². The number of fused-ring (bicyclic) bond motifs is 2. The van der Waals surface area contributed by atoms with E-state index in [1.807, 2.05) is 0 Å². The Morgan fingerprint density at radius 3 is 2.45 bits per heavy atom. The predicted octanol–water partition coefficient (Wildman–Crippen LogP) is 6.33. The van der Waals surface area contributed by atoms with E-state index in [1.54, 1.807) is 0 Å². The van der Waals surface area contributed by atoms with Gasteiger partial charge in [-0.15, -0.1) is 0 Å². The molecule has 0 amide bonds. The third-order valence-electron chi connectivity index (χ3n) is 6.21. The fraction of sp³-hybridized carbons (Fsp3) is 0.214. The molecule has 0 bridgehead atoms. The first-order valence-corrected chi connectivity index (χ1v) is 11.3. The molecule has 2 N–H and O–H groups in total. The first-order chi connectivity index (χ1) is 15.3. The minimum atomic E-state index is 1.01. The molecule has 31 heavy (non-hydrogen) atoms. The molecule has 4 aromatic carbocycles. The molecule has 0 aliphatic heterocycles. The van der Waals surface area contributed by atoms with Gasteiger partial charge in [-0.25, -0.2) is 0 Å². The standard InChI is InChI=1S/C28H27N3/c1-2-3-13-25-23(15-14-20-9-5-4-6-10-20)19-26-28(30-31-29-26)27(25)24-17-16-21-11-7-8-12-22(21)18-24/h4-12,16-19H,2-3,13-15H2,1H3,(H,29,30,31)/p+1. The van der Waals surface area contributed by atoms with E-state index >= 15 is 0 Å². The Labute approximate surface area is 183 Å². The molecule has 1 aromatic heterocycles. The van der Waals surface area contributed by atoms with Crippen molar-refractivity contribution in [1.82, 2.24) is 10.3 Å². The largest absolute Gasteiger partial charge is 0.249 e. The van der Waals surface area contributed by atoms with Gasteiger partial charge in [-0.2, -0.15) is 5.10 Å². The highest BCUT2D eigenvalue weighted by Gasteiger charge is 2.21. The van der Waals surface area contributed by atoms with E-state index in [1.165, 1.54) is 51.4 Å². The molecule has 0 atom stereocenters. The van der Waals surface area contributed by atoms with E-state index in [-0.39, 0.29) is 0 Å². The van der Waals surface area contributed by atoms with Crippen LogP contribution in [0.15, 0.2) is 78.9 Å². The molecule has 154 valence electrons. The number of H-pyrrole nitrogens is 2. The molecule has 5 aromatic rings. The van der Waals surface area contributed by atoms with Crippen LogP contribution in [0, 0.1) is 0 Å². The Morgan fingerprint density at radius 1 is 0.806 bits per heavy atom. The Hall–Kier alpha value is -3.46. The van der Waals surface area contributed by atoms with Crippen molar-refractivity contribution < 1.29 is 5.10 Å². The van der Waals surface area contributed by atoms with Crippen LogP contribution >= 0.6 is 0 Å². The highest BCUT2D eigenvalue weighted by molar-refractivity contribution is 5.96. The quantitative estimate of drug-likeness (QED) is 0.337. The topological polar surface area (TPSA) is 42.8 Å². The number of benzene rings is 4. The molecule has 0 aliphatic carbocycles. The zero-order valence-corrected chi connectivity index (χ0v) is 18.0. The van der Waals surface area contributed by atoms with Crippen molar-refractivity contribution >= 4 is 21.8 Å². The van der Waals surface area contributed by atoms with Gasteiger partial charge >= 0.3 is 0 Å². The van der Waals surface area contributed by atoms with E-state index in [0.29, 0.717) is 0 Å². The second-order valence-electron chi connectivity index (χ2n) is 8.28. The maximum Gasteiger partial charge on any atom is 0.249 e. The van der Waals surface area contributed by atoms with Crippen LogP contribution in [-0.2, 0) is 19.3 Å². The number of rotatable bonds is 7. The molecule has 0 saturated carbocycles. The van der Waals surface area contributed by atoms with Gasteiger partial charge in [0.15, 0.2) is 0 Å². The fourth-order valence-corrected chi connectivity index (χ4v) is 4.57. The van der Waals surface area contributed by atoms with Crippen molar-refractivity contribution in [1.29, 1.82) is 0 Å². The summed E-state index contributed by atoms with van der Waals surface area (Å²) in [5.74, 6) is 0. The molecule has 3 nitrogen and oxygen atoms in total. The van der Waals surface area contributed by atoms with Gasteiger partial charge in [0.25, 0.3) is 0 Å². The number of unbranched alkanes of at least 4 members (excludes halogenated alkanes) is 1. The summed E-state index contributed by atoms with van der Waals surface area (Å²) in [6.45, 7) is 2.27. The first-order valence-electron chi connectivity index (χ1n) is 11.3. The van der Waals surface area contributed by atoms with Crippen LogP contribution < -0.4 is 5.10 Å². The Morgan fingerprint density at radius 2 is 1.61 bits per heavy atom. The molecule has 0 saturated heterocycles. The Balaban J connectivity index is 1.66. The molecular weight excluding hydrogens is 378 g/mol. The first kappa shape index (κ1) is 19.5. The number of aromatic nitrogens is 3. The molecule has 0 fully saturated rings. The molecular formula is C28H28N3+. The maximum absolute atomic E-state index is 4.52. The zero-order chi connectivity index (χ0) is 21.0. The van der Waals surface area contributed by atoms with Crippen LogP contribution in [-0.4, -0.2) is 10.3 Å². The minimum absolute atomic E-state index is 1.01. The number of nitrogens with zero attached hydrogens (tertiary/aromatic N) is 1. The molecule has 0 radical (unpaired) electrons. The number of aromatic amines is 2. The Bertz CT molecular complexity index is 1320. The van der Waals surface area contributed by atoms with Gasteiger partial charge in [0.1, 0.15) is 0 Å². The number of hydrogen-bond donors (Lipinski definition) is 1. The Kier molecular flexibility index (Phi) is 5.49. The third kappa shape index (κ3) is 3.96. The molecule has 0 spiro atoms. The van der Waals surface area contributed by atoms with Gasteiger partial charge < -0.3 is 0 Å². The highest BCUT2D eigenvalue weighted by Crippen LogP contribution is 2.35. The van der Waals surface area contributed by atoms with E-state index < -0.39 is 0 Å². The summed E-state index contributed by atoms with van der Waals surface area (Å²) >= 11 is 0. The number of aryl methyl sites for hydroxylation is 2. The third-order valence-corrected chi connectivity index (χ3v) is 6.21. The van der Waals surface area contributed by atoms with E-state index in [4.69, 9.17) is 0 Å². The van der Waals surface area contributed by atoms with Crippen LogP contribution in [0.5, 0.6) is 0 Å². The lowest BCUT2D eigenvalue weighted by Crippen LogP contribution is -2.07. The van der Waals surface area contributed by atoms with E-state index in [0.717, 1.165) is 30.3 Å². The maximum atomic E-state index is 4.52. The van der Waals surface area contributed by atoms with Gasteiger partial charge in [0.2, 0.25) is 11.0 Å². The average Bonchev–Trinajstić information content (AvgIpc) is 3.29. The molecule has 0 unspecified atom stereocenters. The summed E-state index contributed by atoms with van der Waals surface area (Å²) in [5.41, 5.74) is 8.91. The highest BCUT2D eigenvalue weighted by atomic mass is 15.3. The lowest BCUT2D eigenvalue weighted by molar-refractivity contribution is -0.426. The van der Waals surface area contributed by atoms with Gasteiger partial charge in [0, 0.05) is 10.7 Å². The lowest BCUT2D eigenvalue weighted by Gasteiger charge is -2.15. The molecule has 0 aliphatic rings. The summed E-state index contributed by atoms with van der Waals surface area (Å²) in [5, 5.41) is 13.4.